The molecule has 0 N–H and O–H groups in total. The van der Waals surface area contributed by atoms with Crippen molar-refractivity contribution in [1.82, 2.24) is 14.9 Å². The quantitative estimate of drug-likeness (QED) is 0.714. The number of hydrogen-bond acceptors (Lipinski definition) is 7. The molecule has 1 aliphatic rings. The molecule has 0 saturated carbocycles. The first-order chi connectivity index (χ1) is 12.3. The lowest BCUT2D eigenvalue weighted by atomic mass is 10.1. The van der Waals surface area contributed by atoms with Crippen LogP contribution in [0.4, 0.5) is 0 Å². The molecular formula is C17H20ClN3O4S. The molecule has 1 aromatic heterocycles. The number of aromatic nitrogens is 2. The molecule has 140 valence electrons. The van der Waals surface area contributed by atoms with Gasteiger partial charge in [0.2, 0.25) is 15.0 Å². The van der Waals surface area contributed by atoms with Crippen molar-refractivity contribution >= 4 is 21.4 Å². The third kappa shape index (κ3) is 3.77. The van der Waals surface area contributed by atoms with Crippen molar-refractivity contribution in [1.29, 1.82) is 0 Å². The van der Waals surface area contributed by atoms with Crippen molar-refractivity contribution in [2.45, 2.75) is 24.7 Å². The van der Waals surface area contributed by atoms with Crippen LogP contribution in [0.1, 0.15) is 16.8 Å². The molecule has 3 rings (SSSR count). The lowest BCUT2D eigenvalue weighted by Gasteiger charge is -2.28. The van der Waals surface area contributed by atoms with Crippen LogP contribution in [0.25, 0.3) is 0 Å². The minimum atomic E-state index is -3.40. The van der Waals surface area contributed by atoms with E-state index in [-0.39, 0.29) is 5.16 Å². The maximum absolute atomic E-state index is 11.6. The van der Waals surface area contributed by atoms with E-state index in [9.17, 15) is 8.42 Å². The third-order valence-electron chi connectivity index (χ3n) is 4.28. The van der Waals surface area contributed by atoms with Crippen molar-refractivity contribution in [3.05, 3.63) is 40.2 Å². The highest BCUT2D eigenvalue weighted by Gasteiger charge is 2.22. The summed E-state index contributed by atoms with van der Waals surface area (Å²) in [6, 6.07) is 3.75. The van der Waals surface area contributed by atoms with Crippen LogP contribution in [0.3, 0.4) is 0 Å². The van der Waals surface area contributed by atoms with E-state index in [1.807, 2.05) is 12.1 Å². The van der Waals surface area contributed by atoms with Crippen molar-refractivity contribution in [2.24, 2.45) is 0 Å². The number of methoxy groups -OCH3 is 2. The Kier molecular flexibility index (Phi) is 5.36. The van der Waals surface area contributed by atoms with Gasteiger partial charge in [0.25, 0.3) is 0 Å². The van der Waals surface area contributed by atoms with Crippen molar-refractivity contribution in [3.8, 4) is 11.5 Å². The van der Waals surface area contributed by atoms with Gasteiger partial charge in [-0.3, -0.25) is 4.90 Å². The SMILES string of the molecule is COc1ccc(CN2CCc3nc(S(C)(=O)=O)ncc3C2)c(Cl)c1OC. The number of rotatable bonds is 5. The number of hydrogen-bond donors (Lipinski definition) is 0. The van der Waals surface area contributed by atoms with E-state index in [1.165, 1.54) is 0 Å². The van der Waals surface area contributed by atoms with E-state index in [1.54, 1.807) is 20.4 Å². The number of halogens is 1. The molecule has 0 radical (unpaired) electrons. The van der Waals surface area contributed by atoms with Crippen LogP contribution in [-0.4, -0.2) is 50.3 Å². The lowest BCUT2D eigenvalue weighted by molar-refractivity contribution is 0.241. The van der Waals surface area contributed by atoms with Crippen LogP contribution in [0, 0.1) is 0 Å². The zero-order valence-corrected chi connectivity index (χ0v) is 16.4. The van der Waals surface area contributed by atoms with E-state index < -0.39 is 9.84 Å². The molecule has 2 heterocycles. The Morgan fingerprint density at radius 2 is 2.04 bits per heavy atom. The van der Waals surface area contributed by atoms with Crippen molar-refractivity contribution < 1.29 is 17.9 Å². The summed E-state index contributed by atoms with van der Waals surface area (Å²) in [6.07, 6.45) is 3.37. The molecule has 1 aliphatic heterocycles. The summed E-state index contributed by atoms with van der Waals surface area (Å²) in [4.78, 5) is 10.4. The molecule has 0 atom stereocenters. The Labute approximate surface area is 157 Å². The fourth-order valence-corrected chi connectivity index (χ4v) is 3.78. The van der Waals surface area contributed by atoms with Gasteiger partial charge in [0.05, 0.1) is 24.9 Å². The third-order valence-corrected chi connectivity index (χ3v) is 5.56. The van der Waals surface area contributed by atoms with E-state index in [4.69, 9.17) is 21.1 Å². The minimum Gasteiger partial charge on any atom is -0.493 e. The summed E-state index contributed by atoms with van der Waals surface area (Å²) in [5, 5.41) is 0.411. The van der Waals surface area contributed by atoms with Crippen molar-refractivity contribution in [2.75, 3.05) is 27.0 Å². The monoisotopic (exact) mass is 397 g/mol. The summed E-state index contributed by atoms with van der Waals surface area (Å²) in [6.45, 7) is 2.01. The molecule has 26 heavy (non-hydrogen) atoms. The number of sulfone groups is 1. The van der Waals surface area contributed by atoms with Gasteiger partial charge in [-0.05, 0) is 11.6 Å². The van der Waals surface area contributed by atoms with Gasteiger partial charge in [0, 0.05) is 44.1 Å². The van der Waals surface area contributed by atoms with Crippen LogP contribution < -0.4 is 9.47 Å². The highest BCUT2D eigenvalue weighted by molar-refractivity contribution is 7.90. The van der Waals surface area contributed by atoms with Gasteiger partial charge in [0.15, 0.2) is 11.5 Å². The zero-order chi connectivity index (χ0) is 18.9. The number of benzene rings is 1. The van der Waals surface area contributed by atoms with Gasteiger partial charge in [-0.25, -0.2) is 18.4 Å². The average Bonchev–Trinajstić information content (AvgIpc) is 2.61. The maximum atomic E-state index is 11.6. The average molecular weight is 398 g/mol. The number of fused-ring (bicyclic) bond motifs is 1. The molecule has 0 bridgehead atoms. The van der Waals surface area contributed by atoms with Gasteiger partial charge < -0.3 is 9.47 Å². The van der Waals surface area contributed by atoms with Gasteiger partial charge >= 0.3 is 0 Å². The van der Waals surface area contributed by atoms with Crippen LogP contribution in [0.5, 0.6) is 11.5 Å². The minimum absolute atomic E-state index is 0.118. The van der Waals surface area contributed by atoms with E-state index >= 15 is 0 Å². The summed E-state index contributed by atoms with van der Waals surface area (Å²) in [5.41, 5.74) is 2.65. The first kappa shape index (κ1) is 18.9. The second-order valence-corrected chi connectivity index (χ2v) is 8.42. The Morgan fingerprint density at radius 3 is 2.69 bits per heavy atom. The highest BCUT2D eigenvalue weighted by Crippen LogP contribution is 2.38. The van der Waals surface area contributed by atoms with Crippen LogP contribution in [0.15, 0.2) is 23.5 Å². The first-order valence-corrected chi connectivity index (χ1v) is 10.3. The Morgan fingerprint density at radius 1 is 1.27 bits per heavy atom. The van der Waals surface area contributed by atoms with Crippen molar-refractivity contribution in [3.63, 3.8) is 0 Å². The fraction of sp³-hybridized carbons (Fsp3) is 0.412. The standard InChI is InChI=1S/C17H20ClN3O4S/c1-24-14-5-4-11(15(18)16(14)25-2)9-21-7-6-13-12(10-21)8-19-17(20-13)26(3,22)23/h4-5,8H,6-7,9-10H2,1-3H3. The topological polar surface area (TPSA) is 81.6 Å². The van der Waals surface area contributed by atoms with E-state index in [0.29, 0.717) is 36.0 Å². The Bertz CT molecular complexity index is 934. The van der Waals surface area contributed by atoms with E-state index in [0.717, 1.165) is 29.6 Å². The second kappa shape index (κ2) is 7.38. The molecule has 0 unspecified atom stereocenters. The summed E-state index contributed by atoms with van der Waals surface area (Å²) >= 11 is 6.46. The van der Waals surface area contributed by atoms with Gasteiger partial charge in [-0.2, -0.15) is 0 Å². The molecule has 0 saturated heterocycles. The predicted molar refractivity (Wildman–Crippen MR) is 97.5 cm³/mol. The smallest absolute Gasteiger partial charge is 0.246 e. The highest BCUT2D eigenvalue weighted by atomic mass is 35.5. The number of nitrogens with zero attached hydrogens (tertiary/aromatic N) is 3. The normalized spacial score (nSPS) is 14.8. The summed E-state index contributed by atoms with van der Waals surface area (Å²) in [5.74, 6) is 1.11. The largest absolute Gasteiger partial charge is 0.493 e. The van der Waals surface area contributed by atoms with Gasteiger partial charge in [-0.15, -0.1) is 0 Å². The Balaban J connectivity index is 1.80. The molecule has 0 spiro atoms. The predicted octanol–water partition coefficient (Wildman–Crippen LogP) is 2.11. The van der Waals surface area contributed by atoms with Crippen LogP contribution >= 0.6 is 11.6 Å². The van der Waals surface area contributed by atoms with Crippen LogP contribution in [0.2, 0.25) is 5.02 Å². The first-order valence-electron chi connectivity index (χ1n) is 8.00. The second-order valence-electron chi connectivity index (χ2n) is 6.13. The maximum Gasteiger partial charge on any atom is 0.246 e. The van der Waals surface area contributed by atoms with Gasteiger partial charge in [-0.1, -0.05) is 17.7 Å². The fourth-order valence-electron chi connectivity index (χ4n) is 2.96. The van der Waals surface area contributed by atoms with E-state index in [2.05, 4.69) is 14.9 Å². The lowest BCUT2D eigenvalue weighted by Crippen LogP contribution is -2.31. The molecule has 0 fully saturated rings. The Hall–Kier alpha value is -1.90. The molecule has 2 aromatic rings. The summed E-state index contributed by atoms with van der Waals surface area (Å²) < 4.78 is 33.8. The molecule has 9 heteroatoms. The molecular weight excluding hydrogens is 378 g/mol. The van der Waals surface area contributed by atoms with Gasteiger partial charge in [0.1, 0.15) is 0 Å². The molecule has 1 aromatic carbocycles. The molecule has 0 amide bonds. The number of ether oxygens (including phenoxy) is 2. The summed E-state index contributed by atoms with van der Waals surface area (Å²) in [7, 11) is -0.271. The van der Waals surface area contributed by atoms with Crippen LogP contribution in [-0.2, 0) is 29.3 Å². The zero-order valence-electron chi connectivity index (χ0n) is 14.8. The molecule has 0 aliphatic carbocycles. The molecule has 7 nitrogen and oxygen atoms in total.